The van der Waals surface area contributed by atoms with Crippen molar-refractivity contribution in [2.75, 3.05) is 12.9 Å². The van der Waals surface area contributed by atoms with Crippen LogP contribution in [0.1, 0.15) is 12.6 Å². The number of aromatic nitrogens is 1. The molecule has 0 aliphatic carbocycles. The van der Waals surface area contributed by atoms with Gasteiger partial charge in [0.25, 0.3) is 0 Å². The smallest absolute Gasteiger partial charge is 0.137 e. The number of aliphatic imine (C=N–C) groups is 1. The number of pyridine rings is 1. The van der Waals surface area contributed by atoms with E-state index in [0.717, 1.165) is 25.8 Å². The Hall–Kier alpha value is -1.04. The topological polar surface area (TPSA) is 34.5 Å². The molecule has 2 aromatic heterocycles. The predicted molar refractivity (Wildman–Crippen MR) is 84.4 cm³/mol. The van der Waals surface area contributed by atoms with Crippen LogP contribution in [-0.2, 0) is 0 Å². The van der Waals surface area contributed by atoms with E-state index < -0.39 is 0 Å². The maximum atomic E-state index is 5.90. The van der Waals surface area contributed by atoms with E-state index in [1.54, 1.807) is 18.0 Å². The van der Waals surface area contributed by atoms with E-state index in [-0.39, 0.29) is 0 Å². The maximum Gasteiger partial charge on any atom is 0.137 e. The number of thiophene rings is 1. The second-order valence-electron chi connectivity index (χ2n) is 3.51. The molecule has 0 bridgehead atoms. The van der Waals surface area contributed by atoms with Crippen molar-refractivity contribution in [2.45, 2.75) is 6.92 Å². The molecule has 3 nitrogen and oxygen atoms in total. The molecule has 0 aromatic carbocycles. The van der Waals surface area contributed by atoms with Crippen molar-refractivity contribution in [3.63, 3.8) is 0 Å². The molecular weight excluding hydrogens is 300 g/mol. The second kappa shape index (κ2) is 6.93. The number of hydrogen-bond acceptors (Lipinski definition) is 5. The summed E-state index contributed by atoms with van der Waals surface area (Å²) in [6.45, 7) is 2.58. The third-order valence-corrected chi connectivity index (χ3v) is 4.04. The van der Waals surface area contributed by atoms with Crippen LogP contribution in [0, 0.1) is 0 Å². The molecule has 19 heavy (non-hydrogen) atoms. The Morgan fingerprint density at radius 3 is 2.79 bits per heavy atom. The zero-order valence-electron chi connectivity index (χ0n) is 10.6. The van der Waals surface area contributed by atoms with E-state index in [2.05, 4.69) is 9.98 Å². The zero-order valence-corrected chi connectivity index (χ0v) is 13.0. The third-order valence-electron chi connectivity index (χ3n) is 2.23. The second-order valence-corrected chi connectivity index (χ2v) is 6.00. The summed E-state index contributed by atoms with van der Waals surface area (Å²) in [4.78, 5) is 8.92. The van der Waals surface area contributed by atoms with E-state index in [0.29, 0.717) is 6.61 Å². The van der Waals surface area contributed by atoms with Gasteiger partial charge in [-0.05, 0) is 37.4 Å². The quantitative estimate of drug-likeness (QED) is 0.609. The zero-order chi connectivity index (χ0) is 13.7. The predicted octanol–water partition coefficient (Wildman–Crippen LogP) is 4.64. The first kappa shape index (κ1) is 14.4. The van der Waals surface area contributed by atoms with Crippen LogP contribution >= 0.6 is 34.7 Å². The minimum Gasteiger partial charge on any atom is -0.492 e. The third kappa shape index (κ3) is 3.96. The Balaban J connectivity index is 2.23. The van der Waals surface area contributed by atoms with Crippen LogP contribution in [0.15, 0.2) is 35.5 Å². The Morgan fingerprint density at radius 1 is 1.42 bits per heavy atom. The van der Waals surface area contributed by atoms with Gasteiger partial charge in [-0.1, -0.05) is 11.6 Å². The first-order valence-electron chi connectivity index (χ1n) is 5.70. The van der Waals surface area contributed by atoms with Gasteiger partial charge in [-0.3, -0.25) is 4.98 Å². The van der Waals surface area contributed by atoms with Crippen molar-refractivity contribution in [1.29, 1.82) is 0 Å². The van der Waals surface area contributed by atoms with E-state index in [9.17, 15) is 0 Å². The average Bonchev–Trinajstić information content (AvgIpc) is 2.83. The highest BCUT2D eigenvalue weighted by Gasteiger charge is 2.06. The van der Waals surface area contributed by atoms with Crippen molar-refractivity contribution in [3.05, 3.63) is 40.5 Å². The van der Waals surface area contributed by atoms with E-state index in [1.165, 1.54) is 11.3 Å². The highest BCUT2D eigenvalue weighted by atomic mass is 35.5. The van der Waals surface area contributed by atoms with Gasteiger partial charge in [0.15, 0.2) is 0 Å². The van der Waals surface area contributed by atoms with Gasteiger partial charge in [0, 0.05) is 0 Å². The Labute approximate surface area is 125 Å². The van der Waals surface area contributed by atoms with Crippen LogP contribution in [0.3, 0.4) is 0 Å². The first-order chi connectivity index (χ1) is 9.22. The molecule has 0 saturated carbocycles. The summed E-state index contributed by atoms with van der Waals surface area (Å²) in [6, 6.07) is 7.56. The summed E-state index contributed by atoms with van der Waals surface area (Å²) < 4.78 is 6.11. The SMILES string of the molecule is CCOc1ccc(C(=Nc2ccc(Cl)s2)SC)nc1. The highest BCUT2D eigenvalue weighted by molar-refractivity contribution is 8.13. The molecule has 0 aliphatic rings. The molecule has 2 aromatic rings. The summed E-state index contributed by atoms with van der Waals surface area (Å²) in [7, 11) is 0. The molecule has 0 atom stereocenters. The molecule has 0 unspecified atom stereocenters. The molecule has 100 valence electrons. The summed E-state index contributed by atoms with van der Waals surface area (Å²) in [6.07, 6.45) is 3.69. The van der Waals surface area contributed by atoms with E-state index >= 15 is 0 Å². The lowest BCUT2D eigenvalue weighted by Gasteiger charge is -2.04. The largest absolute Gasteiger partial charge is 0.492 e. The van der Waals surface area contributed by atoms with Gasteiger partial charge in [-0.15, -0.1) is 23.1 Å². The minimum atomic E-state index is 0.637. The van der Waals surface area contributed by atoms with Gasteiger partial charge in [0.2, 0.25) is 0 Å². The average molecular weight is 313 g/mol. The molecule has 0 N–H and O–H groups in total. The van der Waals surface area contributed by atoms with E-state index in [4.69, 9.17) is 16.3 Å². The molecule has 0 spiro atoms. The lowest BCUT2D eigenvalue weighted by molar-refractivity contribution is 0.339. The van der Waals surface area contributed by atoms with Gasteiger partial charge in [0.05, 0.1) is 22.8 Å². The number of hydrogen-bond donors (Lipinski definition) is 0. The van der Waals surface area contributed by atoms with E-state index in [1.807, 2.05) is 37.4 Å². The van der Waals surface area contributed by atoms with Gasteiger partial charge >= 0.3 is 0 Å². The van der Waals surface area contributed by atoms with Crippen molar-refractivity contribution in [2.24, 2.45) is 4.99 Å². The highest BCUT2D eigenvalue weighted by Crippen LogP contribution is 2.30. The molecule has 0 saturated heterocycles. The fourth-order valence-electron chi connectivity index (χ4n) is 1.43. The molecule has 0 aliphatic heterocycles. The fraction of sp³-hybridized carbons (Fsp3) is 0.231. The molecule has 2 heterocycles. The number of rotatable bonds is 4. The molecule has 0 radical (unpaired) electrons. The summed E-state index contributed by atoms with van der Waals surface area (Å²) in [5.74, 6) is 0.769. The standard InChI is InChI=1S/C13H13ClN2OS2/c1-3-17-9-4-5-10(15-8-9)13(18-2)16-12-7-6-11(14)19-12/h4-8H,3H2,1-2H3. The van der Waals surface area contributed by atoms with Crippen molar-refractivity contribution in [1.82, 2.24) is 4.98 Å². The van der Waals surface area contributed by atoms with Crippen LogP contribution in [0.25, 0.3) is 0 Å². The van der Waals surface area contributed by atoms with Crippen molar-refractivity contribution >= 4 is 44.7 Å². The van der Waals surface area contributed by atoms with Crippen molar-refractivity contribution < 1.29 is 4.74 Å². The molecule has 6 heteroatoms. The Morgan fingerprint density at radius 2 is 2.26 bits per heavy atom. The number of thioether (sulfide) groups is 1. The monoisotopic (exact) mass is 312 g/mol. The van der Waals surface area contributed by atoms with Gasteiger partial charge in [-0.25, -0.2) is 4.99 Å². The summed E-state index contributed by atoms with van der Waals surface area (Å²) >= 11 is 8.90. The lowest BCUT2D eigenvalue weighted by atomic mass is 10.3. The molecule has 0 fully saturated rings. The number of nitrogens with zero attached hydrogens (tertiary/aromatic N) is 2. The molecule has 0 amide bonds. The van der Waals surface area contributed by atoms with Crippen LogP contribution in [0.4, 0.5) is 5.00 Å². The lowest BCUT2D eigenvalue weighted by Crippen LogP contribution is -1.99. The molecule has 2 rings (SSSR count). The normalized spacial score (nSPS) is 11.6. The first-order valence-corrected chi connectivity index (χ1v) is 8.12. The summed E-state index contributed by atoms with van der Waals surface area (Å²) in [5.41, 5.74) is 0.834. The fourth-order valence-corrected chi connectivity index (χ4v) is 2.92. The van der Waals surface area contributed by atoms with Crippen LogP contribution in [-0.4, -0.2) is 22.9 Å². The minimum absolute atomic E-state index is 0.637. The van der Waals surface area contributed by atoms with Crippen LogP contribution in [0.5, 0.6) is 5.75 Å². The van der Waals surface area contributed by atoms with Crippen LogP contribution in [0.2, 0.25) is 4.34 Å². The Kier molecular flexibility index (Phi) is 5.24. The summed E-state index contributed by atoms with van der Waals surface area (Å²) in [5, 5.41) is 1.74. The number of halogens is 1. The van der Waals surface area contributed by atoms with Gasteiger partial charge in [0.1, 0.15) is 15.8 Å². The maximum absolute atomic E-state index is 5.90. The Bertz CT molecular complexity index is 566. The van der Waals surface area contributed by atoms with Gasteiger partial charge in [-0.2, -0.15) is 0 Å². The van der Waals surface area contributed by atoms with Gasteiger partial charge < -0.3 is 4.74 Å². The van der Waals surface area contributed by atoms with Crippen molar-refractivity contribution in [3.8, 4) is 5.75 Å². The van der Waals surface area contributed by atoms with Crippen LogP contribution < -0.4 is 4.74 Å². The number of ether oxygens (including phenoxy) is 1. The molecular formula is C13H13ClN2OS2.